The minimum Gasteiger partial charge on any atom is -0.0811 e. The van der Waals surface area contributed by atoms with Gasteiger partial charge < -0.3 is 0 Å². The van der Waals surface area contributed by atoms with Gasteiger partial charge in [-0.25, -0.2) is 0 Å². The standard InChI is InChI=1S/C14H31B/c1-2-3-4-5-6-7-8-9-10-11-12-13-14-15/h2-15H2,1H3. The smallest absolute Gasteiger partial charge is 0.0811 e. The predicted octanol–water partition coefficient (Wildman–Crippen LogP) is 4.74. The molecule has 0 N–H and O–H groups in total. The Labute approximate surface area is 98.6 Å². The quantitative estimate of drug-likeness (QED) is 0.322. The summed E-state index contributed by atoms with van der Waals surface area (Å²) < 4.78 is 0. The Bertz CT molecular complexity index is 89.5. The average Bonchev–Trinajstić information content (AvgIpc) is 2.26. The Hall–Kier alpha value is 0.0649. The maximum Gasteiger partial charge on any atom is 0.101 e. The molecule has 0 unspecified atom stereocenters. The van der Waals surface area contributed by atoms with E-state index >= 15 is 0 Å². The molecule has 1 heteroatoms. The van der Waals surface area contributed by atoms with E-state index in [0.717, 1.165) is 0 Å². The summed E-state index contributed by atoms with van der Waals surface area (Å²) in [6, 6.07) is 0. The molecule has 0 aromatic carbocycles. The van der Waals surface area contributed by atoms with E-state index in [1.165, 1.54) is 83.4 Å². The third kappa shape index (κ3) is 14.1. The Morgan fingerprint density at radius 2 is 0.867 bits per heavy atom. The van der Waals surface area contributed by atoms with E-state index in [-0.39, 0.29) is 0 Å². The Kier molecular flexibility index (Phi) is 14.1. The molecule has 0 saturated carbocycles. The summed E-state index contributed by atoms with van der Waals surface area (Å²) in [6.07, 6.45) is 18.9. The molecule has 0 rings (SSSR count). The van der Waals surface area contributed by atoms with Crippen molar-refractivity contribution in [1.29, 1.82) is 0 Å². The maximum absolute atomic E-state index is 2.29. The summed E-state index contributed by atoms with van der Waals surface area (Å²) in [5.41, 5.74) is 0. The van der Waals surface area contributed by atoms with Crippen LogP contribution in [-0.4, -0.2) is 7.85 Å². The molecule has 0 radical (unpaired) electrons. The van der Waals surface area contributed by atoms with Crippen LogP contribution in [0.4, 0.5) is 0 Å². The van der Waals surface area contributed by atoms with Crippen LogP contribution in [0.5, 0.6) is 0 Å². The van der Waals surface area contributed by atoms with Gasteiger partial charge in [-0.3, -0.25) is 0 Å². The molecule has 0 nitrogen and oxygen atoms in total. The van der Waals surface area contributed by atoms with Gasteiger partial charge in [0, 0.05) is 0 Å². The Morgan fingerprint density at radius 1 is 0.533 bits per heavy atom. The molecular weight excluding hydrogens is 179 g/mol. The monoisotopic (exact) mass is 210 g/mol. The highest BCUT2D eigenvalue weighted by molar-refractivity contribution is 6.08. The molecule has 0 spiro atoms. The van der Waals surface area contributed by atoms with Crippen molar-refractivity contribution in [2.45, 2.75) is 90.3 Å². The van der Waals surface area contributed by atoms with Gasteiger partial charge >= 0.3 is 0 Å². The molecule has 0 atom stereocenters. The second-order valence-corrected chi connectivity index (χ2v) is 4.89. The van der Waals surface area contributed by atoms with Gasteiger partial charge in [0.05, 0.1) is 0 Å². The molecule has 0 aliphatic carbocycles. The number of hydrogen-bond acceptors (Lipinski definition) is 0. The largest absolute Gasteiger partial charge is 0.101 e. The van der Waals surface area contributed by atoms with Crippen molar-refractivity contribution in [2.75, 3.05) is 0 Å². The van der Waals surface area contributed by atoms with Crippen LogP contribution in [0.2, 0.25) is 6.32 Å². The van der Waals surface area contributed by atoms with Crippen molar-refractivity contribution in [3.8, 4) is 0 Å². The van der Waals surface area contributed by atoms with Gasteiger partial charge in [0.15, 0.2) is 0 Å². The van der Waals surface area contributed by atoms with Crippen LogP contribution < -0.4 is 0 Å². The fourth-order valence-electron chi connectivity index (χ4n) is 2.09. The van der Waals surface area contributed by atoms with E-state index < -0.39 is 0 Å². The molecule has 0 fully saturated rings. The zero-order valence-corrected chi connectivity index (χ0v) is 11.2. The third-order valence-corrected chi connectivity index (χ3v) is 3.21. The van der Waals surface area contributed by atoms with Crippen LogP contribution in [0.15, 0.2) is 0 Å². The van der Waals surface area contributed by atoms with Gasteiger partial charge in [-0.15, -0.1) is 0 Å². The summed E-state index contributed by atoms with van der Waals surface area (Å²) in [7, 11) is 2.29. The average molecular weight is 210 g/mol. The summed E-state index contributed by atoms with van der Waals surface area (Å²) in [4.78, 5) is 0. The lowest BCUT2D eigenvalue weighted by Crippen LogP contribution is -1.82. The minimum atomic E-state index is 1.37. The summed E-state index contributed by atoms with van der Waals surface area (Å²) in [5.74, 6) is 0. The predicted molar refractivity (Wildman–Crippen MR) is 74.4 cm³/mol. The third-order valence-electron chi connectivity index (χ3n) is 3.21. The van der Waals surface area contributed by atoms with E-state index in [2.05, 4.69) is 14.8 Å². The van der Waals surface area contributed by atoms with Crippen molar-refractivity contribution in [3.05, 3.63) is 0 Å². The van der Waals surface area contributed by atoms with Gasteiger partial charge in [0.25, 0.3) is 0 Å². The van der Waals surface area contributed by atoms with Gasteiger partial charge in [-0.05, 0) is 0 Å². The zero-order chi connectivity index (χ0) is 11.2. The minimum absolute atomic E-state index is 1.37. The zero-order valence-electron chi connectivity index (χ0n) is 11.2. The molecule has 0 saturated heterocycles. The van der Waals surface area contributed by atoms with Crippen molar-refractivity contribution < 1.29 is 0 Å². The Morgan fingerprint density at radius 3 is 1.20 bits per heavy atom. The van der Waals surface area contributed by atoms with Crippen molar-refractivity contribution in [2.24, 2.45) is 0 Å². The lowest BCUT2D eigenvalue weighted by Gasteiger charge is -2.01. The molecule has 90 valence electrons. The highest BCUT2D eigenvalue weighted by Gasteiger charge is 1.92. The van der Waals surface area contributed by atoms with E-state index in [0.29, 0.717) is 0 Å². The van der Waals surface area contributed by atoms with Crippen LogP contribution in [-0.2, 0) is 0 Å². The topological polar surface area (TPSA) is 0 Å². The lowest BCUT2D eigenvalue weighted by molar-refractivity contribution is 0.548. The number of hydrogen-bond donors (Lipinski definition) is 0. The van der Waals surface area contributed by atoms with E-state index in [1.807, 2.05) is 0 Å². The molecule has 0 aliphatic heterocycles. The van der Waals surface area contributed by atoms with E-state index in [1.54, 1.807) is 0 Å². The van der Waals surface area contributed by atoms with E-state index in [4.69, 9.17) is 0 Å². The summed E-state index contributed by atoms with van der Waals surface area (Å²) >= 11 is 0. The molecule has 0 aromatic rings. The molecule has 0 bridgehead atoms. The molecule has 0 amide bonds. The highest BCUT2D eigenvalue weighted by Crippen LogP contribution is 2.11. The normalized spacial score (nSPS) is 10.7. The molecular formula is C14H31B. The van der Waals surface area contributed by atoms with Crippen LogP contribution in [0, 0.1) is 0 Å². The maximum atomic E-state index is 2.29. The van der Waals surface area contributed by atoms with Crippen LogP contribution in [0.1, 0.15) is 84.0 Å². The first-order valence-electron chi connectivity index (χ1n) is 7.41. The van der Waals surface area contributed by atoms with Crippen molar-refractivity contribution in [1.82, 2.24) is 0 Å². The van der Waals surface area contributed by atoms with Gasteiger partial charge in [-0.1, -0.05) is 90.3 Å². The first-order chi connectivity index (χ1) is 7.41. The second kappa shape index (κ2) is 14.1. The van der Waals surface area contributed by atoms with Crippen molar-refractivity contribution in [3.63, 3.8) is 0 Å². The Balaban J connectivity index is 2.81. The van der Waals surface area contributed by atoms with Gasteiger partial charge in [-0.2, -0.15) is 0 Å². The molecule has 0 aliphatic rings. The van der Waals surface area contributed by atoms with Crippen LogP contribution in [0.25, 0.3) is 0 Å². The first kappa shape index (κ1) is 15.1. The molecule has 0 heterocycles. The first-order valence-corrected chi connectivity index (χ1v) is 7.41. The lowest BCUT2D eigenvalue weighted by atomic mass is 9.98. The van der Waals surface area contributed by atoms with Crippen LogP contribution >= 0.6 is 0 Å². The SMILES string of the molecule is BCCCCCCCCCCCCCC. The van der Waals surface area contributed by atoms with Gasteiger partial charge in [0.1, 0.15) is 7.85 Å². The fourth-order valence-corrected chi connectivity index (χ4v) is 2.09. The number of unbranched alkanes of at least 4 members (excludes halogenated alkanes) is 11. The summed E-state index contributed by atoms with van der Waals surface area (Å²) in [6.45, 7) is 2.29. The van der Waals surface area contributed by atoms with Crippen LogP contribution in [0.3, 0.4) is 0 Å². The second-order valence-electron chi connectivity index (χ2n) is 4.89. The summed E-state index contributed by atoms with van der Waals surface area (Å²) in [5, 5.41) is 0. The molecule has 0 aromatic heterocycles. The van der Waals surface area contributed by atoms with E-state index in [9.17, 15) is 0 Å². The highest BCUT2D eigenvalue weighted by atomic mass is 14.0. The number of rotatable bonds is 12. The van der Waals surface area contributed by atoms with Gasteiger partial charge in [0.2, 0.25) is 0 Å². The molecule has 15 heavy (non-hydrogen) atoms. The van der Waals surface area contributed by atoms with Crippen molar-refractivity contribution >= 4 is 7.85 Å². The fraction of sp³-hybridized carbons (Fsp3) is 1.00.